The largest absolute Gasteiger partial charge is 0.497 e. The van der Waals surface area contributed by atoms with E-state index in [1.165, 1.54) is 0 Å². The maximum absolute atomic E-state index is 8.62. The quantitative estimate of drug-likeness (QED) is 0.766. The molecule has 110 valence electrons. The van der Waals surface area contributed by atoms with Gasteiger partial charge in [-0.2, -0.15) is 0 Å². The summed E-state index contributed by atoms with van der Waals surface area (Å²) in [4.78, 5) is 4.37. The van der Waals surface area contributed by atoms with Gasteiger partial charge in [0.1, 0.15) is 5.75 Å². The lowest BCUT2D eigenvalue weighted by atomic mass is 10.2. The number of rotatable bonds is 7. The minimum Gasteiger partial charge on any atom is -0.497 e. The molecule has 0 aliphatic carbocycles. The van der Waals surface area contributed by atoms with Crippen LogP contribution in [0.5, 0.6) is 5.75 Å². The summed E-state index contributed by atoms with van der Waals surface area (Å²) in [6.45, 7) is 1.59. The Balaban J connectivity index is 0.00000200. The van der Waals surface area contributed by atoms with Gasteiger partial charge >= 0.3 is 0 Å². The van der Waals surface area contributed by atoms with Gasteiger partial charge in [0.05, 0.1) is 38.1 Å². The summed E-state index contributed by atoms with van der Waals surface area (Å²) in [6.07, 6.45) is 1.77. The van der Waals surface area contributed by atoms with Crippen molar-refractivity contribution in [1.29, 1.82) is 0 Å². The Labute approximate surface area is 124 Å². The molecule has 2 aromatic rings. The Morgan fingerprint density at radius 2 is 2.15 bits per heavy atom. The van der Waals surface area contributed by atoms with Crippen molar-refractivity contribution in [2.75, 3.05) is 38.8 Å². The van der Waals surface area contributed by atoms with E-state index in [1.807, 2.05) is 24.3 Å². The molecular formula is C14H19ClN2O3. The molecule has 1 aromatic carbocycles. The molecule has 20 heavy (non-hydrogen) atoms. The van der Waals surface area contributed by atoms with Gasteiger partial charge in [0.15, 0.2) is 0 Å². The highest BCUT2D eigenvalue weighted by molar-refractivity contribution is 5.91. The van der Waals surface area contributed by atoms with Gasteiger partial charge in [0, 0.05) is 24.2 Å². The van der Waals surface area contributed by atoms with Crippen LogP contribution in [-0.2, 0) is 4.74 Å². The number of nitrogens with zero attached hydrogens (tertiary/aromatic N) is 1. The van der Waals surface area contributed by atoms with Crippen molar-refractivity contribution in [2.45, 2.75) is 0 Å². The van der Waals surface area contributed by atoms with E-state index in [2.05, 4.69) is 10.3 Å². The van der Waals surface area contributed by atoms with Crippen molar-refractivity contribution in [1.82, 2.24) is 4.98 Å². The minimum atomic E-state index is 0. The number of hydrogen-bond acceptors (Lipinski definition) is 5. The summed E-state index contributed by atoms with van der Waals surface area (Å²) in [5, 5.41) is 12.9. The lowest BCUT2D eigenvalue weighted by Gasteiger charge is -2.11. The summed E-state index contributed by atoms with van der Waals surface area (Å²) in [5.41, 5.74) is 1.83. The molecule has 6 heteroatoms. The third-order valence-corrected chi connectivity index (χ3v) is 2.71. The summed E-state index contributed by atoms with van der Waals surface area (Å²) in [6, 6.07) is 7.77. The van der Waals surface area contributed by atoms with Gasteiger partial charge < -0.3 is 19.9 Å². The Kier molecular flexibility index (Phi) is 7.08. The monoisotopic (exact) mass is 298 g/mol. The molecule has 0 saturated carbocycles. The molecule has 0 fully saturated rings. The number of benzene rings is 1. The van der Waals surface area contributed by atoms with Gasteiger partial charge in [-0.25, -0.2) is 0 Å². The molecular weight excluding hydrogens is 280 g/mol. The second kappa shape index (κ2) is 8.58. The van der Waals surface area contributed by atoms with E-state index in [9.17, 15) is 0 Å². The third kappa shape index (κ3) is 4.23. The minimum absolute atomic E-state index is 0. The highest BCUT2D eigenvalue weighted by Gasteiger charge is 2.05. The van der Waals surface area contributed by atoms with Crippen molar-refractivity contribution in [2.24, 2.45) is 0 Å². The molecule has 0 aliphatic rings. The first-order chi connectivity index (χ1) is 9.35. The zero-order chi connectivity index (χ0) is 13.5. The highest BCUT2D eigenvalue weighted by atomic mass is 35.5. The van der Waals surface area contributed by atoms with Gasteiger partial charge in [-0.15, -0.1) is 12.4 Å². The first-order valence-corrected chi connectivity index (χ1v) is 6.20. The molecule has 0 spiro atoms. The number of aliphatic hydroxyl groups is 1. The lowest BCUT2D eigenvalue weighted by Crippen LogP contribution is -2.11. The van der Waals surface area contributed by atoms with Crippen molar-refractivity contribution in [3.8, 4) is 5.75 Å². The Hall–Kier alpha value is -1.56. The molecule has 0 aliphatic heterocycles. The Morgan fingerprint density at radius 3 is 2.90 bits per heavy atom. The standard InChI is InChI=1S/C14H18N2O3.ClH/c1-18-12-9-11-3-2-4-16-14(11)13(10-12)15-5-7-19-8-6-17;/h2-4,9-10,15,17H,5-8H2,1H3;1H. The molecule has 0 amide bonds. The highest BCUT2D eigenvalue weighted by Crippen LogP contribution is 2.27. The average molecular weight is 299 g/mol. The van der Waals surface area contributed by atoms with Crippen LogP contribution in [0.25, 0.3) is 10.9 Å². The molecule has 2 N–H and O–H groups in total. The first-order valence-electron chi connectivity index (χ1n) is 6.20. The molecule has 1 aromatic heterocycles. The summed E-state index contributed by atoms with van der Waals surface area (Å²) >= 11 is 0. The normalized spacial score (nSPS) is 10.1. The van der Waals surface area contributed by atoms with Crippen molar-refractivity contribution < 1.29 is 14.6 Å². The van der Waals surface area contributed by atoms with Crippen molar-refractivity contribution in [3.05, 3.63) is 30.5 Å². The molecule has 0 atom stereocenters. The summed E-state index contributed by atoms with van der Waals surface area (Å²) in [5.74, 6) is 0.791. The van der Waals surface area contributed by atoms with E-state index < -0.39 is 0 Å². The van der Waals surface area contributed by atoms with Gasteiger partial charge in [0.2, 0.25) is 0 Å². The van der Waals surface area contributed by atoms with E-state index in [0.717, 1.165) is 22.3 Å². The van der Waals surface area contributed by atoms with Crippen molar-refractivity contribution in [3.63, 3.8) is 0 Å². The van der Waals surface area contributed by atoms with Crippen LogP contribution in [0.2, 0.25) is 0 Å². The second-order valence-electron chi connectivity index (χ2n) is 4.01. The van der Waals surface area contributed by atoms with Crippen LogP contribution in [0.1, 0.15) is 0 Å². The van der Waals surface area contributed by atoms with Crippen molar-refractivity contribution >= 4 is 29.0 Å². The molecule has 0 saturated heterocycles. The van der Waals surface area contributed by atoms with Crippen LogP contribution in [0, 0.1) is 0 Å². The summed E-state index contributed by atoms with van der Waals surface area (Å²) in [7, 11) is 1.64. The zero-order valence-corrected chi connectivity index (χ0v) is 12.2. The number of ether oxygens (including phenoxy) is 2. The number of aromatic nitrogens is 1. The van der Waals surface area contributed by atoms with E-state index in [4.69, 9.17) is 14.6 Å². The fraction of sp³-hybridized carbons (Fsp3) is 0.357. The predicted octanol–water partition coefficient (Wildman–Crippen LogP) is 2.09. The van der Waals surface area contributed by atoms with Crippen LogP contribution in [0.15, 0.2) is 30.5 Å². The maximum atomic E-state index is 8.62. The third-order valence-electron chi connectivity index (χ3n) is 2.71. The number of methoxy groups -OCH3 is 1. The number of nitrogens with one attached hydrogen (secondary N) is 1. The number of pyridine rings is 1. The smallest absolute Gasteiger partial charge is 0.121 e. The second-order valence-corrected chi connectivity index (χ2v) is 4.01. The lowest BCUT2D eigenvalue weighted by molar-refractivity contribution is 0.0992. The molecule has 0 radical (unpaired) electrons. The molecule has 1 heterocycles. The van der Waals surface area contributed by atoms with Gasteiger partial charge in [0.25, 0.3) is 0 Å². The fourth-order valence-electron chi connectivity index (χ4n) is 1.84. The maximum Gasteiger partial charge on any atom is 0.121 e. The van der Waals surface area contributed by atoms with Crippen LogP contribution >= 0.6 is 12.4 Å². The zero-order valence-electron chi connectivity index (χ0n) is 11.3. The summed E-state index contributed by atoms with van der Waals surface area (Å²) < 4.78 is 10.5. The number of aliphatic hydroxyl groups excluding tert-OH is 1. The molecule has 0 unspecified atom stereocenters. The molecule has 2 rings (SSSR count). The van der Waals surface area contributed by atoms with E-state index >= 15 is 0 Å². The van der Waals surface area contributed by atoms with Crippen LogP contribution < -0.4 is 10.1 Å². The number of fused-ring (bicyclic) bond motifs is 1. The fourth-order valence-corrected chi connectivity index (χ4v) is 1.84. The molecule has 5 nitrogen and oxygen atoms in total. The van der Waals surface area contributed by atoms with E-state index in [0.29, 0.717) is 19.8 Å². The number of hydrogen-bond donors (Lipinski definition) is 2. The predicted molar refractivity (Wildman–Crippen MR) is 81.9 cm³/mol. The van der Waals surface area contributed by atoms with Crippen LogP contribution in [0.4, 0.5) is 5.69 Å². The van der Waals surface area contributed by atoms with Crippen LogP contribution in [-0.4, -0.2) is 43.6 Å². The topological polar surface area (TPSA) is 63.6 Å². The number of anilines is 1. The van der Waals surface area contributed by atoms with Gasteiger partial charge in [-0.05, 0) is 12.1 Å². The Morgan fingerprint density at radius 1 is 1.30 bits per heavy atom. The van der Waals surface area contributed by atoms with Gasteiger partial charge in [-0.3, -0.25) is 4.98 Å². The SMILES string of the molecule is COc1cc(NCCOCCO)c2ncccc2c1.Cl. The first kappa shape index (κ1) is 16.5. The average Bonchev–Trinajstić information content (AvgIpc) is 2.46. The number of halogens is 1. The molecule has 0 bridgehead atoms. The Bertz CT molecular complexity index is 537. The van der Waals surface area contributed by atoms with Crippen LogP contribution in [0.3, 0.4) is 0 Å². The van der Waals surface area contributed by atoms with Gasteiger partial charge in [-0.1, -0.05) is 6.07 Å². The van der Waals surface area contributed by atoms with E-state index in [-0.39, 0.29) is 19.0 Å². The van der Waals surface area contributed by atoms with E-state index in [1.54, 1.807) is 13.3 Å².